The van der Waals surface area contributed by atoms with Crippen LogP contribution in [0.3, 0.4) is 0 Å². The number of benzene rings is 5. The molecule has 5 aromatic carbocycles. The Morgan fingerprint density at radius 2 is 1.22 bits per heavy atom. The van der Waals surface area contributed by atoms with Crippen LogP contribution in [0.2, 0.25) is 0 Å². The predicted molar refractivity (Wildman–Crippen MR) is 166 cm³/mol. The average Bonchev–Trinajstić information content (AvgIpc) is 3.52. The second kappa shape index (κ2) is 8.12. The van der Waals surface area contributed by atoms with Gasteiger partial charge in [-0.15, -0.1) is 0 Å². The summed E-state index contributed by atoms with van der Waals surface area (Å²) in [6.07, 6.45) is 0. The number of fused-ring (bicyclic) bond motifs is 3. The van der Waals surface area contributed by atoms with Crippen LogP contribution in [0.25, 0.3) is 61.8 Å². The molecule has 1 atom stereocenters. The van der Waals surface area contributed by atoms with Crippen molar-refractivity contribution in [1.29, 1.82) is 0 Å². The average molecular weight is 524 g/mol. The van der Waals surface area contributed by atoms with Crippen molar-refractivity contribution >= 4 is 11.0 Å². The van der Waals surface area contributed by atoms with Crippen molar-refractivity contribution in [3.63, 3.8) is 0 Å². The summed E-state index contributed by atoms with van der Waals surface area (Å²) in [6, 6.07) is 47.6. The lowest BCUT2D eigenvalue weighted by Crippen LogP contribution is -2.22. The number of nitrogens with zero attached hydrogens (tertiary/aromatic N) is 3. The topological polar surface area (TPSA) is 30.7 Å². The Hall–Kier alpha value is -5.28. The number of pyridine rings is 1. The maximum absolute atomic E-state index is 5.29. The highest BCUT2D eigenvalue weighted by Gasteiger charge is 2.44. The van der Waals surface area contributed by atoms with Gasteiger partial charge in [0.25, 0.3) is 0 Å². The first-order valence-corrected chi connectivity index (χ1v) is 14.1. The lowest BCUT2D eigenvalue weighted by Gasteiger charge is -2.28. The Bertz CT molecular complexity index is 2160. The third kappa shape index (κ3) is 2.93. The highest BCUT2D eigenvalue weighted by atomic mass is 15.1. The molecule has 3 heterocycles. The van der Waals surface area contributed by atoms with Crippen molar-refractivity contribution in [3.8, 4) is 50.7 Å². The van der Waals surface area contributed by atoms with Gasteiger partial charge < -0.3 is 0 Å². The van der Waals surface area contributed by atoms with Gasteiger partial charge in [0.05, 0.1) is 22.4 Å². The summed E-state index contributed by atoms with van der Waals surface area (Å²) in [6.45, 7) is 2.38. The molecule has 3 nitrogen and oxygen atoms in total. The Kier molecular flexibility index (Phi) is 4.46. The third-order valence-corrected chi connectivity index (χ3v) is 9.04. The number of para-hydroxylation sites is 1. The third-order valence-electron chi connectivity index (χ3n) is 9.04. The molecule has 0 saturated heterocycles. The molecule has 1 unspecified atom stereocenters. The SMILES string of the molecule is CC1(c2ccccc2)c2cccc3c2-c2c1ccc1nc(-c4cccc(-c5ccccc5)n4)n(c21)-c1ccccc1-3. The molecular formula is C38H25N3. The van der Waals surface area contributed by atoms with Crippen molar-refractivity contribution in [2.24, 2.45) is 0 Å². The van der Waals surface area contributed by atoms with E-state index in [9.17, 15) is 0 Å². The van der Waals surface area contributed by atoms with Gasteiger partial charge in [-0.1, -0.05) is 109 Å². The molecule has 0 saturated carbocycles. The molecule has 0 bridgehead atoms. The largest absolute Gasteiger partial charge is 0.290 e. The lowest BCUT2D eigenvalue weighted by atomic mass is 9.74. The van der Waals surface area contributed by atoms with Gasteiger partial charge >= 0.3 is 0 Å². The minimum Gasteiger partial charge on any atom is -0.290 e. The fourth-order valence-electron chi connectivity index (χ4n) is 7.16. The lowest BCUT2D eigenvalue weighted by molar-refractivity contribution is 0.714. The molecule has 0 amide bonds. The summed E-state index contributed by atoms with van der Waals surface area (Å²) in [5.41, 5.74) is 15.0. The Balaban J connectivity index is 1.42. The molecule has 0 N–H and O–H groups in total. The van der Waals surface area contributed by atoms with E-state index in [0.29, 0.717) is 0 Å². The first kappa shape index (κ1) is 22.5. The Morgan fingerprint density at radius 1 is 0.537 bits per heavy atom. The molecule has 9 rings (SSSR count). The zero-order valence-electron chi connectivity index (χ0n) is 22.5. The van der Waals surface area contributed by atoms with E-state index in [4.69, 9.17) is 9.97 Å². The molecular weight excluding hydrogens is 498 g/mol. The van der Waals surface area contributed by atoms with E-state index < -0.39 is 0 Å². The highest BCUT2D eigenvalue weighted by molar-refractivity contribution is 6.09. The van der Waals surface area contributed by atoms with Gasteiger partial charge in [0, 0.05) is 22.1 Å². The summed E-state index contributed by atoms with van der Waals surface area (Å²) in [4.78, 5) is 10.4. The summed E-state index contributed by atoms with van der Waals surface area (Å²) in [7, 11) is 0. The van der Waals surface area contributed by atoms with Crippen LogP contribution in [0.15, 0.2) is 133 Å². The van der Waals surface area contributed by atoms with Crippen LogP contribution >= 0.6 is 0 Å². The second-order valence-corrected chi connectivity index (χ2v) is 11.1. The fourth-order valence-corrected chi connectivity index (χ4v) is 7.16. The molecule has 0 radical (unpaired) electrons. The zero-order valence-corrected chi connectivity index (χ0v) is 22.5. The van der Waals surface area contributed by atoms with Gasteiger partial charge in [0.2, 0.25) is 0 Å². The molecule has 192 valence electrons. The highest BCUT2D eigenvalue weighted by Crippen LogP contribution is 2.59. The maximum atomic E-state index is 5.29. The molecule has 1 aliphatic heterocycles. The van der Waals surface area contributed by atoms with Crippen molar-refractivity contribution in [1.82, 2.24) is 14.5 Å². The van der Waals surface area contributed by atoms with E-state index in [0.717, 1.165) is 39.5 Å². The minimum absolute atomic E-state index is 0.275. The summed E-state index contributed by atoms with van der Waals surface area (Å²) in [5.74, 6) is 0.862. The van der Waals surface area contributed by atoms with E-state index in [-0.39, 0.29) is 5.41 Å². The van der Waals surface area contributed by atoms with Crippen LogP contribution < -0.4 is 0 Å². The van der Waals surface area contributed by atoms with Gasteiger partial charge in [-0.3, -0.25) is 4.57 Å². The molecule has 2 aromatic heterocycles. The normalized spacial score (nSPS) is 16.0. The summed E-state index contributed by atoms with van der Waals surface area (Å²) >= 11 is 0. The number of imidazole rings is 1. The molecule has 3 heteroatoms. The molecule has 0 spiro atoms. The van der Waals surface area contributed by atoms with Crippen molar-refractivity contribution in [3.05, 3.63) is 150 Å². The summed E-state index contributed by atoms with van der Waals surface area (Å²) in [5, 5.41) is 0. The van der Waals surface area contributed by atoms with E-state index in [1.807, 2.05) is 6.07 Å². The molecule has 1 aliphatic carbocycles. The summed E-state index contributed by atoms with van der Waals surface area (Å²) < 4.78 is 2.36. The Labute approximate surface area is 238 Å². The monoisotopic (exact) mass is 523 g/mol. The van der Waals surface area contributed by atoms with E-state index >= 15 is 0 Å². The van der Waals surface area contributed by atoms with Gasteiger partial charge in [-0.25, -0.2) is 9.97 Å². The minimum atomic E-state index is -0.275. The van der Waals surface area contributed by atoms with Crippen molar-refractivity contribution in [2.75, 3.05) is 0 Å². The van der Waals surface area contributed by atoms with E-state index in [1.54, 1.807) is 0 Å². The molecule has 2 aliphatic rings. The quantitative estimate of drug-likeness (QED) is 0.231. The second-order valence-electron chi connectivity index (χ2n) is 11.1. The Morgan fingerprint density at radius 3 is 2.07 bits per heavy atom. The first-order valence-electron chi connectivity index (χ1n) is 14.1. The number of hydrogen-bond donors (Lipinski definition) is 0. The van der Waals surface area contributed by atoms with Crippen LogP contribution in [0.4, 0.5) is 0 Å². The molecule has 41 heavy (non-hydrogen) atoms. The van der Waals surface area contributed by atoms with Crippen LogP contribution in [0.5, 0.6) is 0 Å². The smallest absolute Gasteiger partial charge is 0.164 e. The van der Waals surface area contributed by atoms with Gasteiger partial charge in [-0.2, -0.15) is 0 Å². The first-order chi connectivity index (χ1) is 20.2. The van der Waals surface area contributed by atoms with E-state index in [1.165, 1.54) is 38.9 Å². The molecule has 0 fully saturated rings. The molecule has 7 aromatic rings. The van der Waals surface area contributed by atoms with Gasteiger partial charge in [-0.05, 0) is 59.0 Å². The maximum Gasteiger partial charge on any atom is 0.164 e. The fraction of sp³-hybridized carbons (Fsp3) is 0.0526. The van der Waals surface area contributed by atoms with Gasteiger partial charge in [0.1, 0.15) is 5.69 Å². The van der Waals surface area contributed by atoms with Crippen LogP contribution in [-0.4, -0.2) is 14.5 Å². The van der Waals surface area contributed by atoms with Crippen LogP contribution in [0.1, 0.15) is 23.6 Å². The standard InChI is InChI=1S/C38H25N3/c1-38(25-14-6-3-7-15-25)28-18-10-17-27-26-16-8-9-21-33(26)41-36-31(23-22-29(38)35(36)34(27)28)40-37(41)32-20-11-19-30(39-32)24-12-4-2-5-13-24/h2-23H,1H3. The van der Waals surface area contributed by atoms with Crippen LogP contribution in [-0.2, 0) is 5.41 Å². The van der Waals surface area contributed by atoms with Crippen molar-refractivity contribution < 1.29 is 0 Å². The number of aromatic nitrogens is 3. The number of rotatable bonds is 3. The predicted octanol–water partition coefficient (Wildman–Crippen LogP) is 9.07. The van der Waals surface area contributed by atoms with Crippen LogP contribution in [0, 0.1) is 0 Å². The van der Waals surface area contributed by atoms with Crippen molar-refractivity contribution in [2.45, 2.75) is 12.3 Å². The zero-order chi connectivity index (χ0) is 27.1. The number of hydrogen-bond acceptors (Lipinski definition) is 2. The van der Waals surface area contributed by atoms with Gasteiger partial charge in [0.15, 0.2) is 5.82 Å². The van der Waals surface area contributed by atoms with E-state index in [2.05, 4.69) is 139 Å².